The van der Waals surface area contributed by atoms with Crippen LogP contribution in [-0.4, -0.2) is 30.3 Å². The van der Waals surface area contributed by atoms with Gasteiger partial charge in [0.1, 0.15) is 5.75 Å². The monoisotopic (exact) mass is 300 g/mol. The van der Waals surface area contributed by atoms with Crippen LogP contribution in [0.5, 0.6) is 17.2 Å². The van der Waals surface area contributed by atoms with E-state index in [1.807, 2.05) is 0 Å². The second-order valence-corrected chi connectivity index (χ2v) is 4.80. The van der Waals surface area contributed by atoms with Gasteiger partial charge < -0.3 is 24.3 Å². The van der Waals surface area contributed by atoms with Crippen molar-refractivity contribution in [2.75, 3.05) is 7.11 Å². The lowest BCUT2D eigenvalue weighted by molar-refractivity contribution is 0.0600. The van der Waals surface area contributed by atoms with Gasteiger partial charge in [-0.05, 0) is 41.4 Å². The van der Waals surface area contributed by atoms with Gasteiger partial charge in [0, 0.05) is 0 Å². The molecule has 1 aliphatic rings. The lowest BCUT2D eigenvalue weighted by Gasteiger charge is -2.10. The number of phenolic OH excluding ortho intramolecular Hbond substituents is 1. The van der Waals surface area contributed by atoms with Gasteiger partial charge in [-0.25, -0.2) is 4.79 Å². The van der Waals surface area contributed by atoms with Crippen LogP contribution in [0.3, 0.4) is 0 Å². The summed E-state index contributed by atoms with van der Waals surface area (Å²) in [6.07, 6.45) is 0. The normalized spacial score (nSPS) is 12.9. The topological polar surface area (TPSA) is 85.2 Å². The van der Waals surface area contributed by atoms with Gasteiger partial charge in [-0.3, -0.25) is 0 Å². The molecule has 112 valence electrons. The molecule has 0 spiro atoms. The minimum Gasteiger partial charge on any atom is -0.504 e. The van der Waals surface area contributed by atoms with Crippen LogP contribution >= 0.6 is 0 Å². The van der Waals surface area contributed by atoms with Gasteiger partial charge >= 0.3 is 13.1 Å². The van der Waals surface area contributed by atoms with Crippen LogP contribution in [0.2, 0.25) is 0 Å². The third-order valence-corrected chi connectivity index (χ3v) is 3.39. The average molecular weight is 300 g/mol. The van der Waals surface area contributed by atoms with E-state index < -0.39 is 13.1 Å². The molecule has 0 saturated carbocycles. The quantitative estimate of drug-likeness (QED) is 0.654. The van der Waals surface area contributed by atoms with Crippen LogP contribution in [0.4, 0.5) is 0 Å². The summed E-state index contributed by atoms with van der Waals surface area (Å²) in [5.74, 6) is 0.00911. The van der Waals surface area contributed by atoms with E-state index in [-0.39, 0.29) is 17.1 Å². The molecule has 0 aromatic heterocycles. The molecule has 6 nitrogen and oxygen atoms in total. The van der Waals surface area contributed by atoms with Crippen molar-refractivity contribution in [1.29, 1.82) is 0 Å². The molecule has 3 rings (SSSR count). The number of fused-ring (bicyclic) bond motifs is 1. The maximum atomic E-state index is 11.4. The lowest BCUT2D eigenvalue weighted by atomic mass is 9.80. The third-order valence-electron chi connectivity index (χ3n) is 3.39. The minimum absolute atomic E-state index is 0.167. The van der Waals surface area contributed by atoms with Crippen molar-refractivity contribution in [2.24, 2.45) is 0 Å². The molecule has 0 radical (unpaired) electrons. The van der Waals surface area contributed by atoms with E-state index in [2.05, 4.69) is 4.74 Å². The van der Waals surface area contributed by atoms with Gasteiger partial charge in [-0.2, -0.15) is 0 Å². The van der Waals surface area contributed by atoms with Gasteiger partial charge in [0.05, 0.1) is 19.3 Å². The molecule has 0 fully saturated rings. The highest BCUT2D eigenvalue weighted by molar-refractivity contribution is 6.61. The number of rotatable bonds is 3. The van der Waals surface area contributed by atoms with Crippen LogP contribution in [0, 0.1) is 0 Å². The second-order valence-electron chi connectivity index (χ2n) is 4.80. The number of carbonyl (C=O) groups excluding carboxylic acids is 1. The van der Waals surface area contributed by atoms with Crippen molar-refractivity contribution in [3.05, 3.63) is 47.5 Å². The predicted molar refractivity (Wildman–Crippen MR) is 78.4 cm³/mol. The van der Waals surface area contributed by atoms with Gasteiger partial charge in [0.15, 0.2) is 11.5 Å². The molecule has 1 heterocycles. The maximum absolute atomic E-state index is 11.4. The summed E-state index contributed by atoms with van der Waals surface area (Å²) in [6, 6.07) is 9.38. The molecule has 1 aliphatic heterocycles. The fourth-order valence-corrected chi connectivity index (χ4v) is 2.25. The predicted octanol–water partition coefficient (Wildman–Crippen LogP) is 1.19. The fraction of sp³-hybridized carbons (Fsp3) is 0.133. The summed E-state index contributed by atoms with van der Waals surface area (Å²) in [6.45, 7) is 0.307. The number of aromatic hydroxyl groups is 1. The number of ether oxygens (including phenoxy) is 2. The Morgan fingerprint density at radius 3 is 2.82 bits per heavy atom. The van der Waals surface area contributed by atoms with Gasteiger partial charge in [-0.1, -0.05) is 6.07 Å². The molecule has 0 amide bonds. The molecule has 2 aromatic carbocycles. The number of carbonyl (C=O) groups is 1. The van der Waals surface area contributed by atoms with E-state index in [0.29, 0.717) is 17.8 Å². The Balaban J connectivity index is 1.83. The molecule has 7 heteroatoms. The van der Waals surface area contributed by atoms with E-state index in [1.54, 1.807) is 18.2 Å². The molecular formula is C15H13BO6. The van der Waals surface area contributed by atoms with Crippen molar-refractivity contribution in [3.63, 3.8) is 0 Å². The Morgan fingerprint density at radius 1 is 1.27 bits per heavy atom. The first-order chi connectivity index (χ1) is 10.6. The summed E-state index contributed by atoms with van der Waals surface area (Å²) in [5.41, 5.74) is 1.77. The fourth-order valence-electron chi connectivity index (χ4n) is 2.25. The molecule has 0 saturated heterocycles. The zero-order valence-electron chi connectivity index (χ0n) is 11.8. The Hall–Kier alpha value is -2.51. The molecular weight excluding hydrogens is 287 g/mol. The van der Waals surface area contributed by atoms with Crippen molar-refractivity contribution in [3.8, 4) is 17.2 Å². The zero-order valence-corrected chi connectivity index (χ0v) is 11.8. The molecule has 0 bridgehead atoms. The van der Waals surface area contributed by atoms with Gasteiger partial charge in [0.25, 0.3) is 0 Å². The Morgan fingerprint density at radius 2 is 2.09 bits per heavy atom. The highest BCUT2D eigenvalue weighted by Gasteiger charge is 2.27. The van der Waals surface area contributed by atoms with Crippen LogP contribution in [0.25, 0.3) is 0 Å². The third kappa shape index (κ3) is 2.64. The number of phenols is 1. The van der Waals surface area contributed by atoms with Crippen LogP contribution in [-0.2, 0) is 16.0 Å². The number of esters is 1. The zero-order chi connectivity index (χ0) is 15.7. The molecule has 0 aliphatic carbocycles. The highest BCUT2D eigenvalue weighted by Crippen LogP contribution is 2.32. The van der Waals surface area contributed by atoms with Crippen LogP contribution in [0.15, 0.2) is 36.4 Å². The van der Waals surface area contributed by atoms with E-state index in [9.17, 15) is 14.9 Å². The SMILES string of the molecule is COC(=O)c1ccc(Oc2ccc3c(c2)COB3O)c(O)c1. The first-order valence-corrected chi connectivity index (χ1v) is 6.60. The number of hydrogen-bond acceptors (Lipinski definition) is 6. The van der Waals surface area contributed by atoms with E-state index in [0.717, 1.165) is 5.56 Å². The first kappa shape index (κ1) is 14.4. The lowest BCUT2D eigenvalue weighted by Crippen LogP contribution is -2.27. The first-order valence-electron chi connectivity index (χ1n) is 6.60. The minimum atomic E-state index is -0.906. The Kier molecular flexibility index (Phi) is 3.74. The molecule has 2 N–H and O–H groups in total. The molecule has 22 heavy (non-hydrogen) atoms. The van der Waals surface area contributed by atoms with Gasteiger partial charge in [0.2, 0.25) is 0 Å². The summed E-state index contributed by atoms with van der Waals surface area (Å²) in [7, 11) is 0.363. The summed E-state index contributed by atoms with van der Waals surface area (Å²) < 4.78 is 15.3. The largest absolute Gasteiger partial charge is 0.504 e. The van der Waals surface area contributed by atoms with E-state index in [4.69, 9.17) is 9.39 Å². The van der Waals surface area contributed by atoms with E-state index in [1.165, 1.54) is 25.3 Å². The van der Waals surface area contributed by atoms with E-state index >= 15 is 0 Å². The van der Waals surface area contributed by atoms with Crippen LogP contribution < -0.4 is 10.2 Å². The Bertz CT molecular complexity index is 730. The summed E-state index contributed by atoms with van der Waals surface area (Å²) in [5, 5.41) is 19.5. The van der Waals surface area contributed by atoms with Gasteiger partial charge in [-0.15, -0.1) is 0 Å². The smallest absolute Gasteiger partial charge is 0.491 e. The van der Waals surface area contributed by atoms with Crippen molar-refractivity contribution < 1.29 is 29.1 Å². The highest BCUT2D eigenvalue weighted by atomic mass is 16.5. The second kappa shape index (κ2) is 5.71. The molecule has 0 atom stereocenters. The summed E-state index contributed by atoms with van der Waals surface area (Å²) >= 11 is 0. The van der Waals surface area contributed by atoms with Crippen molar-refractivity contribution in [1.82, 2.24) is 0 Å². The number of methoxy groups -OCH3 is 1. The van der Waals surface area contributed by atoms with Crippen LogP contribution in [0.1, 0.15) is 15.9 Å². The summed E-state index contributed by atoms with van der Waals surface area (Å²) in [4.78, 5) is 11.4. The average Bonchev–Trinajstić information content (AvgIpc) is 2.89. The number of benzene rings is 2. The van der Waals surface area contributed by atoms with Crippen molar-refractivity contribution >= 4 is 18.6 Å². The maximum Gasteiger partial charge on any atom is 0.491 e. The van der Waals surface area contributed by atoms with Crippen molar-refractivity contribution in [2.45, 2.75) is 6.61 Å². The standard InChI is InChI=1S/C15H13BO6/c1-20-15(18)9-2-5-14(13(17)7-9)22-11-3-4-12-10(6-11)8-21-16(12)19/h2-7,17,19H,8H2,1H3. The number of hydrogen-bond donors (Lipinski definition) is 2. The molecule has 0 unspecified atom stereocenters. The molecule has 2 aromatic rings. The Labute approximate surface area is 127 Å².